The van der Waals surface area contributed by atoms with Gasteiger partial charge in [-0.3, -0.25) is 14.7 Å². The van der Waals surface area contributed by atoms with E-state index in [0.717, 1.165) is 47.0 Å². The number of carbonyl (C=O) groups is 2. The molecule has 3 heterocycles. The third kappa shape index (κ3) is 5.17. The molecule has 2 aliphatic rings. The van der Waals surface area contributed by atoms with E-state index >= 15 is 0 Å². The van der Waals surface area contributed by atoms with Crippen LogP contribution in [0.3, 0.4) is 0 Å². The Labute approximate surface area is 239 Å². The van der Waals surface area contributed by atoms with Crippen LogP contribution in [0.25, 0.3) is 10.9 Å². The topological polar surface area (TPSA) is 90.0 Å². The van der Waals surface area contributed by atoms with Crippen molar-refractivity contribution in [3.8, 4) is 17.2 Å². The highest BCUT2D eigenvalue weighted by Gasteiger charge is 2.49. The minimum Gasteiger partial charge on any atom is -0.493 e. The Bertz CT molecular complexity index is 1610. The van der Waals surface area contributed by atoms with Gasteiger partial charge in [-0.2, -0.15) is 0 Å². The smallest absolute Gasteiger partial charge is 0.325 e. The highest BCUT2D eigenvalue weighted by Crippen LogP contribution is 2.38. The van der Waals surface area contributed by atoms with E-state index in [9.17, 15) is 9.59 Å². The van der Waals surface area contributed by atoms with Gasteiger partial charge in [0.2, 0.25) is 6.79 Å². The maximum absolute atomic E-state index is 13.3. The Morgan fingerprint density at radius 3 is 2.66 bits per heavy atom. The zero-order valence-corrected chi connectivity index (χ0v) is 23.3. The molecule has 8 heteroatoms. The summed E-state index contributed by atoms with van der Waals surface area (Å²) in [5.74, 6) is 1.82. The molecule has 0 bridgehead atoms. The van der Waals surface area contributed by atoms with Gasteiger partial charge in [-0.1, -0.05) is 48.5 Å². The number of benzene rings is 3. The van der Waals surface area contributed by atoms with Crippen molar-refractivity contribution in [3.05, 3.63) is 95.2 Å². The van der Waals surface area contributed by atoms with Crippen molar-refractivity contribution < 1.29 is 23.8 Å². The lowest BCUT2D eigenvalue weighted by atomic mass is 9.91. The number of carbonyl (C=O) groups excluding carboxylic acids is 2. The molecule has 3 amide bonds. The Morgan fingerprint density at radius 2 is 1.80 bits per heavy atom. The summed E-state index contributed by atoms with van der Waals surface area (Å²) >= 11 is 0. The van der Waals surface area contributed by atoms with E-state index in [-0.39, 0.29) is 18.7 Å². The number of amides is 3. The van der Waals surface area contributed by atoms with Crippen molar-refractivity contribution in [1.82, 2.24) is 15.2 Å². The number of fused-ring (bicyclic) bond motifs is 2. The van der Waals surface area contributed by atoms with Gasteiger partial charge in [0.15, 0.2) is 11.5 Å². The van der Waals surface area contributed by atoms with Gasteiger partial charge >= 0.3 is 6.03 Å². The first-order chi connectivity index (χ1) is 19.9. The summed E-state index contributed by atoms with van der Waals surface area (Å²) in [7, 11) is 0. The van der Waals surface area contributed by atoms with Crippen LogP contribution in [0.4, 0.5) is 4.79 Å². The summed E-state index contributed by atoms with van der Waals surface area (Å²) in [6.07, 6.45) is 4.96. The number of hydrogen-bond acceptors (Lipinski definition) is 6. The number of pyridine rings is 1. The second-order valence-corrected chi connectivity index (χ2v) is 10.7. The zero-order chi connectivity index (χ0) is 28.4. The number of unbranched alkanes of at least 4 members (excludes halogenated alkanes) is 2. The lowest BCUT2D eigenvalue weighted by Crippen LogP contribution is -2.41. The molecule has 3 aromatic carbocycles. The van der Waals surface area contributed by atoms with Crippen molar-refractivity contribution in [3.63, 3.8) is 0 Å². The van der Waals surface area contributed by atoms with Crippen LogP contribution in [0, 0.1) is 6.92 Å². The van der Waals surface area contributed by atoms with E-state index in [1.54, 1.807) is 25.1 Å². The van der Waals surface area contributed by atoms with Gasteiger partial charge in [0, 0.05) is 30.1 Å². The number of aryl methyl sites for hydroxylation is 1. The van der Waals surface area contributed by atoms with Crippen molar-refractivity contribution in [2.75, 3.05) is 19.9 Å². The van der Waals surface area contributed by atoms with Gasteiger partial charge < -0.3 is 19.5 Å². The minimum atomic E-state index is -1.14. The molecule has 1 N–H and O–H groups in total. The van der Waals surface area contributed by atoms with Crippen LogP contribution in [0.1, 0.15) is 48.4 Å². The van der Waals surface area contributed by atoms with Crippen LogP contribution in [0.2, 0.25) is 0 Å². The van der Waals surface area contributed by atoms with Crippen LogP contribution >= 0.6 is 0 Å². The Hall–Kier alpha value is -4.59. The van der Waals surface area contributed by atoms with Crippen molar-refractivity contribution in [2.24, 2.45) is 0 Å². The lowest BCUT2D eigenvalue weighted by molar-refractivity contribution is -0.131. The number of rotatable bonds is 10. The van der Waals surface area contributed by atoms with Crippen LogP contribution in [-0.4, -0.2) is 41.8 Å². The molecule has 1 unspecified atom stereocenters. The molecular formula is C33H33N3O5. The third-order valence-electron chi connectivity index (χ3n) is 7.86. The van der Waals surface area contributed by atoms with Crippen LogP contribution in [0.5, 0.6) is 17.2 Å². The van der Waals surface area contributed by atoms with Crippen molar-refractivity contribution in [1.29, 1.82) is 0 Å². The first-order valence-electron chi connectivity index (χ1n) is 14.0. The molecule has 1 atom stereocenters. The molecule has 1 saturated heterocycles. The maximum atomic E-state index is 13.3. The fraction of sp³-hybridized carbons (Fsp3) is 0.303. The van der Waals surface area contributed by atoms with Gasteiger partial charge in [0.1, 0.15) is 11.3 Å². The first kappa shape index (κ1) is 26.6. The highest BCUT2D eigenvalue weighted by atomic mass is 16.7. The van der Waals surface area contributed by atoms with Crippen molar-refractivity contribution >= 4 is 22.8 Å². The molecule has 1 fully saturated rings. The molecule has 0 aliphatic carbocycles. The summed E-state index contributed by atoms with van der Waals surface area (Å²) in [5, 5.41) is 3.88. The average molecular weight is 552 g/mol. The van der Waals surface area contributed by atoms with E-state index in [2.05, 4.69) is 36.5 Å². The van der Waals surface area contributed by atoms with E-state index in [4.69, 9.17) is 19.2 Å². The van der Waals surface area contributed by atoms with E-state index < -0.39 is 5.54 Å². The summed E-state index contributed by atoms with van der Waals surface area (Å²) in [5.41, 5.74) is 3.84. The van der Waals surface area contributed by atoms with Gasteiger partial charge in [0.05, 0.1) is 12.1 Å². The molecule has 41 heavy (non-hydrogen) atoms. The van der Waals surface area contributed by atoms with Crippen LogP contribution in [0.15, 0.2) is 72.9 Å². The summed E-state index contributed by atoms with van der Waals surface area (Å²) in [6.45, 7) is 4.82. The Balaban J connectivity index is 1.07. The molecule has 1 aromatic heterocycles. The molecule has 6 rings (SSSR count). The first-order valence-corrected chi connectivity index (χ1v) is 14.0. The number of nitrogens with zero attached hydrogens (tertiary/aromatic N) is 2. The summed E-state index contributed by atoms with van der Waals surface area (Å²) in [6, 6.07) is 21.4. The number of urea groups is 1. The Kier molecular flexibility index (Phi) is 7.22. The average Bonchev–Trinajstić information content (AvgIpc) is 3.54. The normalized spacial score (nSPS) is 17.8. The van der Waals surface area contributed by atoms with Crippen LogP contribution in [-0.2, 0) is 16.8 Å². The van der Waals surface area contributed by atoms with Gasteiger partial charge in [-0.05, 0) is 68.0 Å². The van der Waals surface area contributed by atoms with E-state index in [1.165, 1.54) is 10.5 Å². The van der Waals surface area contributed by atoms with Crippen molar-refractivity contribution in [2.45, 2.75) is 45.1 Å². The largest absolute Gasteiger partial charge is 0.493 e. The number of para-hydroxylation sites is 1. The number of hydrogen-bond donors (Lipinski definition) is 1. The molecule has 0 radical (unpaired) electrons. The number of ether oxygens (including phenoxy) is 3. The predicted octanol–water partition coefficient (Wildman–Crippen LogP) is 5.88. The van der Waals surface area contributed by atoms with Gasteiger partial charge in [-0.25, -0.2) is 4.79 Å². The summed E-state index contributed by atoms with van der Waals surface area (Å²) in [4.78, 5) is 32.1. The van der Waals surface area contributed by atoms with Gasteiger partial charge in [-0.15, -0.1) is 0 Å². The Morgan fingerprint density at radius 1 is 0.976 bits per heavy atom. The number of nitrogens with one attached hydrogen (secondary N) is 1. The summed E-state index contributed by atoms with van der Waals surface area (Å²) < 4.78 is 17.2. The lowest BCUT2D eigenvalue weighted by Gasteiger charge is -2.22. The fourth-order valence-electron chi connectivity index (χ4n) is 5.53. The second-order valence-electron chi connectivity index (χ2n) is 10.7. The van der Waals surface area contributed by atoms with Gasteiger partial charge in [0.25, 0.3) is 5.91 Å². The highest BCUT2D eigenvalue weighted by molar-refractivity contribution is 6.07. The quantitative estimate of drug-likeness (QED) is 0.196. The molecule has 2 aliphatic heterocycles. The van der Waals surface area contributed by atoms with E-state index in [0.29, 0.717) is 36.6 Å². The maximum Gasteiger partial charge on any atom is 0.325 e. The molecule has 0 spiro atoms. The van der Waals surface area contributed by atoms with Crippen LogP contribution < -0.4 is 19.5 Å². The predicted molar refractivity (Wildman–Crippen MR) is 155 cm³/mol. The number of aromatic nitrogens is 1. The third-order valence-corrected chi connectivity index (χ3v) is 7.86. The van der Waals surface area contributed by atoms with E-state index in [1.807, 2.05) is 30.5 Å². The molecule has 8 nitrogen and oxygen atoms in total. The SMILES string of the molecule is Cc1cccc2c(OCCCCCN3C(=O)NC(C)(c4ccc5c(c4)OCO5)C3=O)c(Cc3ccccc3)cnc12. The molecule has 0 saturated carbocycles. The standard InChI is InChI=1S/C33H33N3O5/c1-22-10-9-13-26-29(22)34-20-24(18-23-11-5-3-6-12-23)30(26)39-17-8-4-7-16-36-31(37)33(2,35-32(36)38)25-14-15-27-28(19-25)41-21-40-27/h3,5-6,9-15,19-20H,4,7-8,16-18,21H2,1-2H3,(H,35,38). The number of imide groups is 1. The minimum absolute atomic E-state index is 0.150. The molecular weight excluding hydrogens is 518 g/mol. The fourth-order valence-corrected chi connectivity index (χ4v) is 5.53. The molecule has 4 aromatic rings. The second kappa shape index (κ2) is 11.1. The zero-order valence-electron chi connectivity index (χ0n) is 23.3. The monoisotopic (exact) mass is 551 g/mol. The molecule has 210 valence electrons.